The molecule has 0 aromatic heterocycles. The lowest BCUT2D eigenvalue weighted by Crippen LogP contribution is -2.28. The molecular weight excluding hydrogens is 400 g/mol. The molecule has 0 spiro atoms. The van der Waals surface area contributed by atoms with Gasteiger partial charge in [-0.25, -0.2) is 0 Å². The molecule has 2 heteroatoms. The van der Waals surface area contributed by atoms with Crippen LogP contribution in [0, 0.1) is 11.3 Å². The molecule has 2 atom stereocenters. The van der Waals surface area contributed by atoms with Gasteiger partial charge in [-0.1, -0.05) is 91.0 Å². The number of benzene rings is 4. The molecule has 0 fully saturated rings. The molecule has 2 aliphatic rings. The van der Waals surface area contributed by atoms with Crippen molar-refractivity contribution >= 4 is 11.4 Å². The van der Waals surface area contributed by atoms with Crippen LogP contribution in [0.1, 0.15) is 17.0 Å². The number of hydrogen-bond acceptors (Lipinski definition) is 2. The summed E-state index contributed by atoms with van der Waals surface area (Å²) >= 11 is 0. The quantitative estimate of drug-likeness (QED) is 0.339. The van der Waals surface area contributed by atoms with E-state index in [9.17, 15) is 5.26 Å². The molecule has 33 heavy (non-hydrogen) atoms. The van der Waals surface area contributed by atoms with Crippen LogP contribution in [0.2, 0.25) is 0 Å². The standard InChI is InChI=1S/C31H22N2/c32-21-25-9-1-2-14-27(25)24-12-7-10-22(19-24)23-11-8-13-26(20-23)33-30-17-5-3-15-28(30)29-16-4-6-18-31(29)33/h1-20,28,30H. The van der Waals surface area contributed by atoms with Crippen LogP contribution in [0.15, 0.2) is 121 Å². The van der Waals surface area contributed by atoms with Gasteiger partial charge in [-0.15, -0.1) is 0 Å². The van der Waals surface area contributed by atoms with E-state index in [4.69, 9.17) is 0 Å². The summed E-state index contributed by atoms with van der Waals surface area (Å²) in [4.78, 5) is 2.46. The molecule has 1 aliphatic carbocycles. The van der Waals surface area contributed by atoms with E-state index in [0.717, 1.165) is 16.7 Å². The zero-order valence-electron chi connectivity index (χ0n) is 18.1. The second-order valence-electron chi connectivity index (χ2n) is 8.50. The van der Waals surface area contributed by atoms with E-state index in [0.29, 0.717) is 11.5 Å². The average Bonchev–Trinajstić information content (AvgIpc) is 3.23. The van der Waals surface area contributed by atoms with E-state index < -0.39 is 0 Å². The Kier molecular flexibility index (Phi) is 4.67. The van der Waals surface area contributed by atoms with Gasteiger partial charge in [-0.3, -0.25) is 0 Å². The lowest BCUT2D eigenvalue weighted by molar-refractivity contribution is 0.745. The second-order valence-corrected chi connectivity index (χ2v) is 8.50. The number of nitriles is 1. The molecule has 6 rings (SSSR count). The van der Waals surface area contributed by atoms with E-state index in [1.165, 1.54) is 22.5 Å². The summed E-state index contributed by atoms with van der Waals surface area (Å²) in [6.45, 7) is 0. The Morgan fingerprint density at radius 3 is 2.30 bits per heavy atom. The molecule has 4 aromatic carbocycles. The molecule has 2 nitrogen and oxygen atoms in total. The maximum Gasteiger partial charge on any atom is 0.0998 e. The Balaban J connectivity index is 1.42. The molecule has 0 bridgehead atoms. The highest BCUT2D eigenvalue weighted by Crippen LogP contribution is 2.47. The van der Waals surface area contributed by atoms with Gasteiger partial charge in [0, 0.05) is 17.3 Å². The summed E-state index contributed by atoms with van der Waals surface area (Å²) in [5.41, 5.74) is 8.87. The first kappa shape index (κ1) is 19.3. The molecule has 1 aliphatic heterocycles. The number of anilines is 2. The monoisotopic (exact) mass is 422 g/mol. The van der Waals surface area contributed by atoms with Crippen LogP contribution in [0.4, 0.5) is 11.4 Å². The van der Waals surface area contributed by atoms with Crippen molar-refractivity contribution in [3.63, 3.8) is 0 Å². The van der Waals surface area contributed by atoms with Crippen LogP contribution >= 0.6 is 0 Å². The third-order valence-electron chi connectivity index (χ3n) is 6.64. The first-order chi connectivity index (χ1) is 16.3. The molecule has 1 heterocycles. The van der Waals surface area contributed by atoms with Gasteiger partial charge in [0.25, 0.3) is 0 Å². The minimum atomic E-state index is 0.288. The van der Waals surface area contributed by atoms with E-state index >= 15 is 0 Å². The summed E-state index contributed by atoms with van der Waals surface area (Å²) in [5, 5.41) is 9.53. The van der Waals surface area contributed by atoms with Gasteiger partial charge in [0.2, 0.25) is 0 Å². The van der Waals surface area contributed by atoms with Crippen molar-refractivity contribution in [2.45, 2.75) is 12.0 Å². The Morgan fingerprint density at radius 2 is 1.39 bits per heavy atom. The minimum Gasteiger partial charge on any atom is -0.333 e. The Bertz CT molecular complexity index is 1450. The van der Waals surface area contributed by atoms with Gasteiger partial charge >= 0.3 is 0 Å². The Hall–Kier alpha value is -4.35. The number of nitrogens with zero attached hydrogens (tertiary/aromatic N) is 2. The Labute approximate surface area is 194 Å². The van der Waals surface area contributed by atoms with Crippen molar-refractivity contribution in [3.8, 4) is 28.3 Å². The maximum absolute atomic E-state index is 9.53. The molecule has 0 saturated heterocycles. The summed E-state index contributed by atoms with van der Waals surface area (Å²) in [6, 6.07) is 36.3. The number of allylic oxidation sites excluding steroid dienone is 2. The predicted octanol–water partition coefficient (Wildman–Crippen LogP) is 7.62. The number of para-hydroxylation sites is 1. The topological polar surface area (TPSA) is 27.0 Å². The molecule has 0 amide bonds. The first-order valence-electron chi connectivity index (χ1n) is 11.3. The molecule has 2 unspecified atom stereocenters. The van der Waals surface area contributed by atoms with Crippen LogP contribution in [0.5, 0.6) is 0 Å². The zero-order valence-corrected chi connectivity index (χ0v) is 18.1. The fraction of sp³-hybridized carbons (Fsp3) is 0.0645. The Morgan fingerprint density at radius 1 is 0.667 bits per heavy atom. The molecule has 0 N–H and O–H groups in total. The zero-order chi connectivity index (χ0) is 22.2. The number of hydrogen-bond donors (Lipinski definition) is 0. The highest BCUT2D eigenvalue weighted by molar-refractivity contribution is 5.81. The molecular formula is C31H22N2. The van der Waals surface area contributed by atoms with E-state index in [1.54, 1.807) is 0 Å². The van der Waals surface area contributed by atoms with E-state index in [1.807, 2.05) is 24.3 Å². The molecule has 0 saturated carbocycles. The van der Waals surface area contributed by atoms with E-state index in [-0.39, 0.29) is 6.04 Å². The van der Waals surface area contributed by atoms with Crippen LogP contribution in [0.3, 0.4) is 0 Å². The van der Waals surface area contributed by atoms with Crippen molar-refractivity contribution in [2.24, 2.45) is 0 Å². The fourth-order valence-electron chi connectivity index (χ4n) is 5.12. The van der Waals surface area contributed by atoms with Crippen molar-refractivity contribution < 1.29 is 0 Å². The van der Waals surface area contributed by atoms with Crippen LogP contribution in [0.25, 0.3) is 22.3 Å². The summed E-state index contributed by atoms with van der Waals surface area (Å²) in [5.74, 6) is 0.376. The van der Waals surface area contributed by atoms with Gasteiger partial charge < -0.3 is 4.90 Å². The first-order valence-corrected chi connectivity index (χ1v) is 11.3. The highest BCUT2D eigenvalue weighted by atomic mass is 15.2. The van der Waals surface area contributed by atoms with Gasteiger partial charge in [0.05, 0.1) is 17.7 Å². The fourth-order valence-corrected chi connectivity index (χ4v) is 5.12. The highest BCUT2D eigenvalue weighted by Gasteiger charge is 2.36. The third-order valence-corrected chi connectivity index (χ3v) is 6.64. The van der Waals surface area contributed by atoms with Crippen molar-refractivity contribution in [3.05, 3.63) is 132 Å². The van der Waals surface area contributed by atoms with Gasteiger partial charge in [0.1, 0.15) is 0 Å². The number of fused-ring (bicyclic) bond motifs is 3. The molecule has 0 radical (unpaired) electrons. The minimum absolute atomic E-state index is 0.288. The molecule has 4 aromatic rings. The summed E-state index contributed by atoms with van der Waals surface area (Å²) in [7, 11) is 0. The van der Waals surface area contributed by atoms with Gasteiger partial charge in [-0.2, -0.15) is 5.26 Å². The third kappa shape index (κ3) is 3.26. The maximum atomic E-state index is 9.53. The normalized spacial score (nSPS) is 18.0. The van der Waals surface area contributed by atoms with E-state index in [2.05, 4.69) is 108 Å². The lowest BCUT2D eigenvalue weighted by Gasteiger charge is -2.29. The number of rotatable bonds is 3. The summed E-state index contributed by atoms with van der Waals surface area (Å²) < 4.78 is 0. The lowest BCUT2D eigenvalue weighted by atomic mass is 9.91. The second kappa shape index (κ2) is 7.97. The summed E-state index contributed by atoms with van der Waals surface area (Å²) in [6.07, 6.45) is 8.92. The molecule has 156 valence electrons. The van der Waals surface area contributed by atoms with Crippen molar-refractivity contribution in [2.75, 3.05) is 4.90 Å². The van der Waals surface area contributed by atoms with Crippen molar-refractivity contribution in [1.82, 2.24) is 0 Å². The van der Waals surface area contributed by atoms with Gasteiger partial charge in [-0.05, 0) is 58.1 Å². The average molecular weight is 423 g/mol. The van der Waals surface area contributed by atoms with Gasteiger partial charge in [0.15, 0.2) is 0 Å². The largest absolute Gasteiger partial charge is 0.333 e. The van der Waals surface area contributed by atoms with Crippen LogP contribution in [-0.2, 0) is 0 Å². The SMILES string of the molecule is N#Cc1ccccc1-c1cccc(-c2cccc(N3c4ccccc4C4C=CC=CC43)c2)c1. The van der Waals surface area contributed by atoms with Crippen LogP contribution in [-0.4, -0.2) is 6.04 Å². The predicted molar refractivity (Wildman–Crippen MR) is 135 cm³/mol. The van der Waals surface area contributed by atoms with Crippen molar-refractivity contribution in [1.29, 1.82) is 5.26 Å². The smallest absolute Gasteiger partial charge is 0.0998 e. The van der Waals surface area contributed by atoms with Crippen LogP contribution < -0.4 is 4.90 Å².